The van der Waals surface area contributed by atoms with Gasteiger partial charge < -0.3 is 19.5 Å². The minimum Gasteiger partial charge on any atom is -0.507 e. The average molecular weight is 594 g/mol. The van der Waals surface area contributed by atoms with E-state index in [9.17, 15) is 15.3 Å². The van der Waals surface area contributed by atoms with E-state index in [4.69, 9.17) is 16.3 Å². The van der Waals surface area contributed by atoms with E-state index in [1.807, 2.05) is 35.2 Å². The van der Waals surface area contributed by atoms with Crippen LogP contribution in [0.25, 0.3) is 0 Å². The summed E-state index contributed by atoms with van der Waals surface area (Å²) >= 11 is 6.45. The smallest absolute Gasteiger partial charge is 0.147 e. The van der Waals surface area contributed by atoms with Crippen LogP contribution in [0.4, 0.5) is 0 Å². The molecule has 0 saturated carbocycles. The van der Waals surface area contributed by atoms with Crippen LogP contribution in [0.1, 0.15) is 95.5 Å². The Morgan fingerprint density at radius 3 is 2.14 bits per heavy atom. The molecule has 0 bridgehead atoms. The summed E-state index contributed by atoms with van der Waals surface area (Å²) in [5, 5.41) is 20.9. The topological polar surface area (TPSA) is 73.6 Å². The lowest BCUT2D eigenvalue weighted by molar-refractivity contribution is -0.111. The van der Waals surface area contributed by atoms with Gasteiger partial charge in [0, 0.05) is 12.5 Å². The highest BCUT2D eigenvalue weighted by atomic mass is 79.9. The number of likely N-dealkylation sites (tertiary alicyclic amines) is 1. The molecular weight excluding hydrogens is 552 g/mol. The van der Waals surface area contributed by atoms with E-state index in [-0.39, 0.29) is 45.4 Å². The van der Waals surface area contributed by atoms with Gasteiger partial charge in [-0.05, 0) is 69.7 Å². The molecule has 0 radical (unpaired) electrons. The van der Waals surface area contributed by atoms with Gasteiger partial charge >= 0.3 is 0 Å². The number of carbonyl (C=O) groups excluding carboxylic acids is 1. The molecule has 0 aliphatic carbocycles. The molecular formula is C30H42BrClN2O3. The standard InChI is InChI=1S/C30H41ClN2O3.BrH/c1-9-10-19-16-33(28(32)26(19)18-11-12-25(36-8)23(31)15-18)24(17-34)20-13-21(29(2,3)4)27(35)22(14-20)30(5,6)7;/h11-15,17,19,24,26,32,35H,9-10,16H2,1-8H3;1H/t19-,24?,26-;/m1./s1. The molecule has 3 atom stereocenters. The van der Waals surface area contributed by atoms with Gasteiger partial charge in [0.25, 0.3) is 0 Å². The lowest BCUT2D eigenvalue weighted by atomic mass is 9.77. The third kappa shape index (κ3) is 6.34. The van der Waals surface area contributed by atoms with Crippen molar-refractivity contribution in [2.75, 3.05) is 13.7 Å². The molecule has 0 aromatic heterocycles. The third-order valence-electron chi connectivity index (χ3n) is 7.26. The predicted molar refractivity (Wildman–Crippen MR) is 158 cm³/mol. The van der Waals surface area contributed by atoms with Crippen molar-refractivity contribution in [3.8, 4) is 11.5 Å². The minimum absolute atomic E-state index is 0. The first kappa shape index (κ1) is 31.2. The van der Waals surface area contributed by atoms with Crippen molar-refractivity contribution in [2.24, 2.45) is 5.92 Å². The summed E-state index contributed by atoms with van der Waals surface area (Å²) in [6.07, 6.45) is 2.86. The SMILES string of the molecule is Br.CCC[C@@H]1CN(C(C=O)c2cc(C(C)(C)C)c(O)c(C(C)(C)C)c2)C(=N)[C@@H]1c1ccc(OC)c(Cl)c1. The van der Waals surface area contributed by atoms with E-state index < -0.39 is 6.04 Å². The molecule has 37 heavy (non-hydrogen) atoms. The number of phenolic OH excluding ortho intramolecular Hbond substituents is 1. The van der Waals surface area contributed by atoms with E-state index in [0.29, 0.717) is 23.2 Å². The number of hydrogen-bond acceptors (Lipinski definition) is 4. The van der Waals surface area contributed by atoms with Crippen LogP contribution in [-0.4, -0.2) is 35.8 Å². The molecule has 1 saturated heterocycles. The highest BCUT2D eigenvalue weighted by Gasteiger charge is 2.42. The maximum Gasteiger partial charge on any atom is 0.147 e. The van der Waals surface area contributed by atoms with Crippen LogP contribution in [-0.2, 0) is 15.6 Å². The number of nitrogens with one attached hydrogen (secondary N) is 1. The molecule has 5 nitrogen and oxygen atoms in total. The number of hydrogen-bond donors (Lipinski definition) is 2. The Bertz CT molecular complexity index is 1100. The van der Waals surface area contributed by atoms with Crippen molar-refractivity contribution in [3.05, 3.63) is 57.6 Å². The normalized spacial score (nSPS) is 18.9. The van der Waals surface area contributed by atoms with E-state index in [2.05, 4.69) is 48.5 Å². The molecule has 204 valence electrons. The van der Waals surface area contributed by atoms with Gasteiger partial charge in [-0.3, -0.25) is 5.41 Å². The molecule has 2 aromatic carbocycles. The first-order chi connectivity index (χ1) is 16.7. The van der Waals surface area contributed by atoms with E-state index >= 15 is 0 Å². The molecule has 0 spiro atoms. The molecule has 7 heteroatoms. The highest BCUT2D eigenvalue weighted by molar-refractivity contribution is 8.93. The van der Waals surface area contributed by atoms with Gasteiger partial charge in [-0.2, -0.15) is 0 Å². The average Bonchev–Trinajstić information content (AvgIpc) is 3.09. The van der Waals surface area contributed by atoms with Crippen LogP contribution < -0.4 is 4.74 Å². The second-order valence-corrected chi connectivity index (χ2v) is 12.4. The van der Waals surface area contributed by atoms with Crippen molar-refractivity contribution in [2.45, 2.75) is 84.1 Å². The second kappa shape index (κ2) is 11.8. The minimum atomic E-state index is -0.613. The number of amidine groups is 1. The quantitative estimate of drug-likeness (QED) is 0.319. The van der Waals surface area contributed by atoms with Crippen molar-refractivity contribution < 1.29 is 14.6 Å². The first-order valence-electron chi connectivity index (χ1n) is 12.8. The first-order valence-corrected chi connectivity index (χ1v) is 13.1. The maximum absolute atomic E-state index is 12.7. The zero-order chi connectivity index (χ0) is 27.0. The number of halogens is 2. The number of ether oxygens (including phenoxy) is 1. The van der Waals surface area contributed by atoms with Gasteiger partial charge in [0.05, 0.1) is 12.1 Å². The number of aldehydes is 1. The van der Waals surface area contributed by atoms with Crippen LogP contribution in [0.15, 0.2) is 30.3 Å². The largest absolute Gasteiger partial charge is 0.507 e. The van der Waals surface area contributed by atoms with Crippen LogP contribution in [0.3, 0.4) is 0 Å². The number of methoxy groups -OCH3 is 1. The molecule has 2 N–H and O–H groups in total. The number of aromatic hydroxyl groups is 1. The zero-order valence-electron chi connectivity index (χ0n) is 23.3. The highest BCUT2D eigenvalue weighted by Crippen LogP contribution is 2.45. The van der Waals surface area contributed by atoms with Crippen LogP contribution >= 0.6 is 28.6 Å². The Labute approximate surface area is 237 Å². The van der Waals surface area contributed by atoms with E-state index in [1.165, 1.54) is 0 Å². The summed E-state index contributed by atoms with van der Waals surface area (Å²) in [7, 11) is 1.59. The molecule has 1 heterocycles. The van der Waals surface area contributed by atoms with Gasteiger partial charge in [0.2, 0.25) is 0 Å². The Balaban J connectivity index is 0.00000481. The summed E-state index contributed by atoms with van der Waals surface area (Å²) in [5.74, 6) is 1.35. The summed E-state index contributed by atoms with van der Waals surface area (Å²) in [6.45, 7) is 15.1. The third-order valence-corrected chi connectivity index (χ3v) is 7.55. The van der Waals surface area contributed by atoms with Crippen LogP contribution in [0.2, 0.25) is 5.02 Å². The second-order valence-electron chi connectivity index (χ2n) is 12.0. The number of carbonyl (C=O) groups is 1. The Kier molecular flexibility index (Phi) is 9.92. The summed E-state index contributed by atoms with van der Waals surface area (Å²) in [5.41, 5.74) is 2.79. The van der Waals surface area contributed by atoms with Crippen molar-refractivity contribution in [1.82, 2.24) is 4.90 Å². The molecule has 1 fully saturated rings. The lowest BCUT2D eigenvalue weighted by Crippen LogP contribution is -2.32. The number of rotatable bonds is 7. The van der Waals surface area contributed by atoms with Gasteiger partial charge in [-0.25, -0.2) is 0 Å². The van der Waals surface area contributed by atoms with Gasteiger partial charge in [0.1, 0.15) is 29.7 Å². The fourth-order valence-corrected chi connectivity index (χ4v) is 5.63. The Hall–Kier alpha value is -2.05. The number of benzene rings is 2. The van der Waals surface area contributed by atoms with Gasteiger partial charge in [-0.1, -0.05) is 72.6 Å². The van der Waals surface area contributed by atoms with Crippen molar-refractivity contribution >= 4 is 40.7 Å². The molecule has 1 unspecified atom stereocenters. The summed E-state index contributed by atoms with van der Waals surface area (Å²) < 4.78 is 5.32. The fourth-order valence-electron chi connectivity index (χ4n) is 5.36. The van der Waals surface area contributed by atoms with Crippen molar-refractivity contribution in [1.29, 1.82) is 5.41 Å². The van der Waals surface area contributed by atoms with Gasteiger partial charge in [0.15, 0.2) is 0 Å². The molecule has 2 aromatic rings. The molecule has 0 amide bonds. The predicted octanol–water partition coefficient (Wildman–Crippen LogP) is 7.96. The number of phenols is 1. The zero-order valence-corrected chi connectivity index (χ0v) is 25.8. The Morgan fingerprint density at radius 2 is 1.70 bits per heavy atom. The van der Waals surface area contributed by atoms with Gasteiger partial charge in [-0.15, -0.1) is 17.0 Å². The Morgan fingerprint density at radius 1 is 1.14 bits per heavy atom. The molecule has 1 aliphatic heterocycles. The fraction of sp³-hybridized carbons (Fsp3) is 0.533. The lowest BCUT2D eigenvalue weighted by Gasteiger charge is -2.32. The number of nitrogens with zero attached hydrogens (tertiary/aromatic N) is 1. The monoisotopic (exact) mass is 592 g/mol. The van der Waals surface area contributed by atoms with Crippen LogP contribution in [0, 0.1) is 11.3 Å². The summed E-state index contributed by atoms with van der Waals surface area (Å²) in [6, 6.07) is 8.99. The van der Waals surface area contributed by atoms with E-state index in [0.717, 1.165) is 41.4 Å². The van der Waals surface area contributed by atoms with Crippen LogP contribution in [0.5, 0.6) is 11.5 Å². The molecule has 3 rings (SSSR count). The molecule has 1 aliphatic rings. The summed E-state index contributed by atoms with van der Waals surface area (Å²) in [4.78, 5) is 14.6. The van der Waals surface area contributed by atoms with Crippen molar-refractivity contribution in [3.63, 3.8) is 0 Å². The van der Waals surface area contributed by atoms with E-state index in [1.54, 1.807) is 7.11 Å². The maximum atomic E-state index is 12.7.